The third-order valence-electron chi connectivity index (χ3n) is 3.66. The van der Waals surface area contributed by atoms with Crippen LogP contribution in [0.5, 0.6) is 0 Å². The summed E-state index contributed by atoms with van der Waals surface area (Å²) in [6, 6.07) is 3.92. The minimum absolute atomic E-state index is 0.0339. The third-order valence-corrected chi connectivity index (χ3v) is 3.85. The van der Waals surface area contributed by atoms with Gasteiger partial charge in [-0.2, -0.15) is 0 Å². The summed E-state index contributed by atoms with van der Waals surface area (Å²) in [6.45, 7) is 5.28. The number of hydrogen-bond donors (Lipinski definition) is 0. The van der Waals surface area contributed by atoms with E-state index in [1.807, 2.05) is 18.3 Å². The fourth-order valence-electron chi connectivity index (χ4n) is 1.98. The van der Waals surface area contributed by atoms with Gasteiger partial charge in [-0.3, -0.25) is 0 Å². The molecular weight excluding hydrogens is 260 g/mol. The van der Waals surface area contributed by atoms with Crippen molar-refractivity contribution in [2.24, 2.45) is 0 Å². The van der Waals surface area contributed by atoms with Crippen LogP contribution in [0, 0.1) is 0 Å². The monoisotopic (exact) mass is 280 g/mol. The van der Waals surface area contributed by atoms with Crippen LogP contribution in [0.15, 0.2) is 18.3 Å². The summed E-state index contributed by atoms with van der Waals surface area (Å²) in [4.78, 5) is 11.3. The maximum Gasteiger partial charge on any atom is 0.160 e. The Kier molecular flexibility index (Phi) is 4.11. The molecule has 0 aromatic carbocycles. The third kappa shape index (κ3) is 2.90. The Hall–Kier alpha value is -1.13. The minimum atomic E-state index is 0.0339. The van der Waals surface area contributed by atoms with Gasteiger partial charge in [0.1, 0.15) is 11.3 Å². The smallest absolute Gasteiger partial charge is 0.160 e. The molecule has 0 saturated carbocycles. The molecule has 0 unspecified atom stereocenters. The molecule has 19 heavy (non-hydrogen) atoms. The van der Waals surface area contributed by atoms with Gasteiger partial charge in [0.2, 0.25) is 0 Å². The maximum atomic E-state index is 5.89. The lowest BCUT2D eigenvalue weighted by Gasteiger charge is -2.33. The summed E-state index contributed by atoms with van der Waals surface area (Å²) in [7, 11) is 4.18. The maximum absolute atomic E-state index is 5.89. The molecule has 104 valence electrons. The van der Waals surface area contributed by atoms with Gasteiger partial charge >= 0.3 is 0 Å². The van der Waals surface area contributed by atoms with Crippen LogP contribution in [-0.2, 0) is 13.0 Å². The Bertz CT molecular complexity index is 560. The normalized spacial score (nSPS) is 12.5. The lowest BCUT2D eigenvalue weighted by atomic mass is 10.0. The summed E-state index contributed by atoms with van der Waals surface area (Å²) in [5, 5.41) is 0. The Balaban J connectivity index is 2.47. The topological polar surface area (TPSA) is 34.0 Å². The van der Waals surface area contributed by atoms with Gasteiger partial charge in [-0.15, -0.1) is 11.6 Å². The van der Waals surface area contributed by atoms with E-state index >= 15 is 0 Å². The van der Waals surface area contributed by atoms with Gasteiger partial charge in [-0.05, 0) is 40.1 Å². The van der Waals surface area contributed by atoms with E-state index in [-0.39, 0.29) is 5.54 Å². The van der Waals surface area contributed by atoms with Crippen LogP contribution in [0.1, 0.15) is 19.7 Å². The van der Waals surface area contributed by atoms with Crippen molar-refractivity contribution in [3.63, 3.8) is 0 Å². The molecule has 0 saturated heterocycles. The van der Waals surface area contributed by atoms with Gasteiger partial charge in [-0.25, -0.2) is 9.97 Å². The van der Waals surface area contributed by atoms with E-state index in [0.717, 1.165) is 30.0 Å². The number of imidazole rings is 1. The first-order chi connectivity index (χ1) is 8.95. The van der Waals surface area contributed by atoms with Crippen molar-refractivity contribution in [1.29, 1.82) is 0 Å². The predicted octanol–water partition coefficient (Wildman–Crippen LogP) is 2.55. The van der Waals surface area contributed by atoms with Crippen LogP contribution < -0.4 is 0 Å². The van der Waals surface area contributed by atoms with E-state index in [4.69, 9.17) is 11.6 Å². The Morgan fingerprint density at radius 3 is 2.74 bits per heavy atom. The predicted molar refractivity (Wildman–Crippen MR) is 79.7 cm³/mol. The van der Waals surface area contributed by atoms with Gasteiger partial charge in [0, 0.05) is 30.6 Å². The second-order valence-electron chi connectivity index (χ2n) is 5.61. The second kappa shape index (κ2) is 5.47. The molecule has 5 heteroatoms. The fourth-order valence-corrected chi connectivity index (χ4v) is 2.14. The average Bonchev–Trinajstić information content (AvgIpc) is 2.68. The highest BCUT2D eigenvalue weighted by Gasteiger charge is 2.24. The minimum Gasteiger partial charge on any atom is -0.311 e. The number of likely N-dealkylation sites (N-methyl/N-ethyl adjacent to an activating group) is 1. The summed E-state index contributed by atoms with van der Waals surface area (Å²) in [6.07, 6.45) is 2.58. The zero-order valence-corrected chi connectivity index (χ0v) is 12.8. The van der Waals surface area contributed by atoms with E-state index in [2.05, 4.69) is 47.4 Å². The van der Waals surface area contributed by atoms with Gasteiger partial charge in [0.15, 0.2) is 5.65 Å². The van der Waals surface area contributed by atoms with Crippen molar-refractivity contribution in [3.05, 3.63) is 24.2 Å². The first kappa shape index (κ1) is 14.3. The quantitative estimate of drug-likeness (QED) is 0.790. The molecule has 0 amide bonds. The molecule has 0 N–H and O–H groups in total. The lowest BCUT2D eigenvalue weighted by Crippen LogP contribution is -2.42. The number of nitrogens with zero attached hydrogens (tertiary/aromatic N) is 4. The summed E-state index contributed by atoms with van der Waals surface area (Å²) in [5.74, 6) is 1.59. The lowest BCUT2D eigenvalue weighted by molar-refractivity contribution is 0.169. The molecule has 2 aromatic heterocycles. The van der Waals surface area contributed by atoms with Crippen LogP contribution >= 0.6 is 11.6 Å². The molecule has 4 nitrogen and oxygen atoms in total. The fraction of sp³-hybridized carbons (Fsp3) is 0.571. The molecule has 0 fully saturated rings. The molecule has 0 atom stereocenters. The molecule has 0 aliphatic carbocycles. The van der Waals surface area contributed by atoms with E-state index in [1.165, 1.54) is 0 Å². The number of halogens is 1. The van der Waals surface area contributed by atoms with E-state index in [1.54, 1.807) is 0 Å². The number of aryl methyl sites for hydroxylation is 1. The standard InChI is InChI=1S/C14H21ClN4/c1-14(2,18(3)4)10-19-12(7-8-15)17-11-6-5-9-16-13(11)19/h5-6,9H,7-8,10H2,1-4H3. The van der Waals surface area contributed by atoms with Crippen molar-refractivity contribution in [1.82, 2.24) is 19.4 Å². The van der Waals surface area contributed by atoms with Crippen molar-refractivity contribution < 1.29 is 0 Å². The highest BCUT2D eigenvalue weighted by molar-refractivity contribution is 6.17. The summed E-state index contributed by atoms with van der Waals surface area (Å²) in [5.41, 5.74) is 1.92. The first-order valence-electron chi connectivity index (χ1n) is 6.49. The van der Waals surface area contributed by atoms with Crippen LogP contribution in [-0.4, -0.2) is 44.9 Å². The van der Waals surface area contributed by atoms with Gasteiger partial charge in [0.25, 0.3) is 0 Å². The molecule has 0 aliphatic heterocycles. The largest absolute Gasteiger partial charge is 0.311 e. The molecule has 2 aromatic rings. The number of alkyl halides is 1. The van der Waals surface area contributed by atoms with E-state index in [0.29, 0.717) is 5.88 Å². The number of aromatic nitrogens is 3. The van der Waals surface area contributed by atoms with Crippen LogP contribution in [0.3, 0.4) is 0 Å². The molecule has 2 heterocycles. The van der Waals surface area contributed by atoms with Crippen molar-refractivity contribution >= 4 is 22.8 Å². The second-order valence-corrected chi connectivity index (χ2v) is 5.98. The highest BCUT2D eigenvalue weighted by atomic mass is 35.5. The van der Waals surface area contributed by atoms with Crippen molar-refractivity contribution in [3.8, 4) is 0 Å². The van der Waals surface area contributed by atoms with Crippen LogP contribution in [0.4, 0.5) is 0 Å². The summed E-state index contributed by atoms with van der Waals surface area (Å²) < 4.78 is 2.19. The molecule has 0 aliphatic rings. The molecule has 2 rings (SSSR count). The molecular formula is C14H21ClN4. The zero-order valence-electron chi connectivity index (χ0n) is 12.0. The Morgan fingerprint density at radius 1 is 1.37 bits per heavy atom. The summed E-state index contributed by atoms with van der Waals surface area (Å²) >= 11 is 5.89. The average molecular weight is 281 g/mol. The highest BCUT2D eigenvalue weighted by Crippen LogP contribution is 2.20. The molecule has 0 radical (unpaired) electrons. The number of pyridine rings is 1. The number of hydrogen-bond acceptors (Lipinski definition) is 3. The van der Waals surface area contributed by atoms with Gasteiger partial charge < -0.3 is 9.47 Å². The molecule has 0 spiro atoms. The SMILES string of the molecule is CN(C)C(C)(C)Cn1c(CCCl)nc2cccnc21. The zero-order chi connectivity index (χ0) is 14.0. The Morgan fingerprint density at radius 2 is 2.11 bits per heavy atom. The number of fused-ring (bicyclic) bond motifs is 1. The van der Waals surface area contributed by atoms with Crippen molar-refractivity contribution in [2.45, 2.75) is 32.4 Å². The number of rotatable bonds is 5. The molecule has 0 bridgehead atoms. The van der Waals surface area contributed by atoms with E-state index in [9.17, 15) is 0 Å². The van der Waals surface area contributed by atoms with Gasteiger partial charge in [0.05, 0.1) is 0 Å². The first-order valence-corrected chi connectivity index (χ1v) is 7.02. The Labute approximate surface area is 119 Å². The van der Waals surface area contributed by atoms with Crippen molar-refractivity contribution in [2.75, 3.05) is 20.0 Å². The van der Waals surface area contributed by atoms with Gasteiger partial charge in [-0.1, -0.05) is 0 Å². The van der Waals surface area contributed by atoms with E-state index < -0.39 is 0 Å². The van der Waals surface area contributed by atoms with Crippen LogP contribution in [0.2, 0.25) is 0 Å². The van der Waals surface area contributed by atoms with Crippen LogP contribution in [0.25, 0.3) is 11.2 Å².